The number of aliphatic hydroxyl groups is 2. The van der Waals surface area contributed by atoms with E-state index in [-0.39, 0.29) is 19.8 Å². The van der Waals surface area contributed by atoms with Crippen molar-refractivity contribution in [2.75, 3.05) is 66.1 Å². The highest BCUT2D eigenvalue weighted by atomic mass is 28.5. The van der Waals surface area contributed by atoms with Crippen molar-refractivity contribution in [3.63, 3.8) is 0 Å². The molecule has 1 atom stereocenters. The fourth-order valence-corrected chi connectivity index (χ4v) is 19.1. The highest BCUT2D eigenvalue weighted by molar-refractivity contribution is 6.86. The predicted molar refractivity (Wildman–Crippen MR) is 219 cm³/mol. The molecule has 1 aliphatic rings. The molecule has 0 radical (unpaired) electrons. The molecule has 1 aliphatic heterocycles. The van der Waals surface area contributed by atoms with E-state index in [2.05, 4.69) is 44.5 Å². The summed E-state index contributed by atoms with van der Waals surface area (Å²) in [6, 6.07) is 1.89. The Bertz CT molecular complexity index is 837. The van der Waals surface area contributed by atoms with Crippen LogP contribution in [0.3, 0.4) is 0 Å². The summed E-state index contributed by atoms with van der Waals surface area (Å²) in [6.45, 7) is 33.2. The maximum Gasteiger partial charge on any atom is 0.679 e. The van der Waals surface area contributed by atoms with Crippen molar-refractivity contribution in [1.82, 2.24) is 0 Å². The second-order valence-corrected chi connectivity index (χ2v) is 25.9. The van der Waals surface area contributed by atoms with Crippen LogP contribution in [-0.2, 0) is 49.7 Å². The first kappa shape index (κ1) is 58.6. The molecule has 1 unspecified atom stereocenters. The molecule has 0 bridgehead atoms. The average molecular weight is 835 g/mol. The van der Waals surface area contributed by atoms with E-state index in [0.29, 0.717) is 39.5 Å². The Morgan fingerprint density at radius 1 is 0.679 bits per heavy atom. The SMILES string of the molecule is C1CCOC1.C=CC(=O)OCCCC[Si](C)(O[Si](C)(C)O)O[Si](C)(C)CCC.C=CC(=O)OCCCO.CCO.CCO[Si](OCC)(OCC)OCC. The van der Waals surface area contributed by atoms with Gasteiger partial charge >= 0.3 is 38.1 Å². The van der Waals surface area contributed by atoms with E-state index < -0.39 is 46.4 Å². The van der Waals surface area contributed by atoms with Gasteiger partial charge in [0.25, 0.3) is 0 Å². The molecular formula is C35H78O14Si4. The lowest BCUT2D eigenvalue weighted by Crippen LogP contribution is -2.54. The summed E-state index contributed by atoms with van der Waals surface area (Å²) >= 11 is 0. The molecule has 0 saturated carbocycles. The normalized spacial score (nSPS) is 13.5. The maximum atomic E-state index is 11.0. The summed E-state index contributed by atoms with van der Waals surface area (Å²) in [5.41, 5.74) is 0. The minimum Gasteiger partial charge on any atom is -0.463 e. The van der Waals surface area contributed by atoms with Crippen LogP contribution in [0.25, 0.3) is 0 Å². The second kappa shape index (κ2) is 37.8. The van der Waals surface area contributed by atoms with Crippen molar-refractivity contribution in [2.45, 2.75) is 125 Å². The van der Waals surface area contributed by atoms with E-state index in [9.17, 15) is 14.4 Å². The summed E-state index contributed by atoms with van der Waals surface area (Å²) in [6.07, 6.45) is 8.02. The van der Waals surface area contributed by atoms with Gasteiger partial charge in [-0.2, -0.15) is 0 Å². The highest BCUT2D eigenvalue weighted by Crippen LogP contribution is 2.27. The van der Waals surface area contributed by atoms with E-state index >= 15 is 0 Å². The van der Waals surface area contributed by atoms with Crippen LogP contribution in [0.2, 0.25) is 44.8 Å². The third kappa shape index (κ3) is 41.9. The lowest BCUT2D eigenvalue weighted by Gasteiger charge is -2.38. The zero-order valence-corrected chi connectivity index (χ0v) is 39.1. The number of hydrogen-bond donors (Lipinski definition) is 3. The quantitative estimate of drug-likeness (QED) is 0.0423. The molecule has 1 heterocycles. The highest BCUT2D eigenvalue weighted by Gasteiger charge is 2.44. The maximum absolute atomic E-state index is 11.0. The van der Waals surface area contributed by atoms with Crippen LogP contribution in [-0.4, -0.2) is 128 Å². The summed E-state index contributed by atoms with van der Waals surface area (Å²) in [7, 11) is -9.65. The van der Waals surface area contributed by atoms with E-state index in [0.717, 1.165) is 50.6 Å². The fraction of sp³-hybridized carbons (Fsp3) is 0.829. The number of carbonyl (C=O) groups is 2. The number of esters is 2. The average Bonchev–Trinajstić information content (AvgIpc) is 3.65. The molecular weight excluding hydrogens is 757 g/mol. The summed E-state index contributed by atoms with van der Waals surface area (Å²) in [4.78, 5) is 31.5. The largest absolute Gasteiger partial charge is 0.679 e. The Labute approximate surface area is 326 Å². The van der Waals surface area contributed by atoms with Gasteiger partial charge in [-0.15, -0.1) is 0 Å². The van der Waals surface area contributed by atoms with Crippen LogP contribution in [0.4, 0.5) is 0 Å². The lowest BCUT2D eigenvalue weighted by atomic mass is 10.4. The van der Waals surface area contributed by atoms with Crippen LogP contribution in [0, 0.1) is 0 Å². The number of unbranched alkanes of at least 4 members (excludes halogenated alkanes) is 1. The molecule has 18 heteroatoms. The Kier molecular flexibility index (Phi) is 41.8. The Balaban J connectivity index is -0.000000333. The molecule has 0 spiro atoms. The van der Waals surface area contributed by atoms with Gasteiger partial charge in [0.1, 0.15) is 0 Å². The van der Waals surface area contributed by atoms with Crippen molar-refractivity contribution >= 4 is 46.4 Å². The van der Waals surface area contributed by atoms with Gasteiger partial charge < -0.3 is 55.2 Å². The molecule has 53 heavy (non-hydrogen) atoms. The minimum atomic E-state index is -2.80. The van der Waals surface area contributed by atoms with Gasteiger partial charge in [-0.25, -0.2) is 9.59 Å². The number of hydrogen-bond acceptors (Lipinski definition) is 14. The van der Waals surface area contributed by atoms with E-state index in [1.165, 1.54) is 18.9 Å². The standard InChI is InChI=1S/C15H34O5Si3.C8H20O4Si.C6H10O3.C4H8O.C2H6O/c1-8-13-21(3,4)19-23(7,20-22(5,6)17)14-11-10-12-18-15(16)9-2;1-5-9-13(10-6-2,11-7-3)12-8-4;1-2-6(8)9-5-3-4-7;1-2-4-5-3-1;1-2-3/h9,17H,2,8,10-14H2,1,3-7H3;5-8H2,1-4H3;2,7H,1,3-5H2;1-4H2;3H,2H2,1H3. The molecule has 1 fully saturated rings. The molecule has 318 valence electrons. The summed E-state index contributed by atoms with van der Waals surface area (Å²) in [5, 5.41) is 15.8. The molecule has 3 N–H and O–H groups in total. The van der Waals surface area contributed by atoms with Crippen LogP contribution in [0.1, 0.15) is 80.1 Å². The smallest absolute Gasteiger partial charge is 0.463 e. The molecule has 0 aromatic carbocycles. The molecule has 14 nitrogen and oxygen atoms in total. The molecule has 1 saturated heterocycles. The van der Waals surface area contributed by atoms with Gasteiger partial charge in [0.05, 0.1) is 13.2 Å². The number of ether oxygens (including phenoxy) is 3. The summed E-state index contributed by atoms with van der Waals surface area (Å²) in [5.74, 6) is -0.832. The lowest BCUT2D eigenvalue weighted by molar-refractivity contribution is -0.138. The van der Waals surface area contributed by atoms with E-state index in [4.69, 9.17) is 45.6 Å². The van der Waals surface area contributed by atoms with Gasteiger partial charge in [-0.1, -0.05) is 26.5 Å². The zero-order chi connectivity index (χ0) is 41.7. The number of carbonyl (C=O) groups excluding carboxylic acids is 2. The first-order chi connectivity index (χ1) is 24.9. The van der Waals surface area contributed by atoms with Crippen molar-refractivity contribution in [3.8, 4) is 0 Å². The minimum absolute atomic E-state index is 0.0461. The predicted octanol–water partition coefficient (Wildman–Crippen LogP) is 6.37. The van der Waals surface area contributed by atoms with Crippen molar-refractivity contribution in [1.29, 1.82) is 0 Å². The first-order valence-electron chi connectivity index (χ1n) is 19.0. The number of rotatable bonds is 24. The van der Waals surface area contributed by atoms with Crippen LogP contribution < -0.4 is 0 Å². The molecule has 1 rings (SSSR count). The van der Waals surface area contributed by atoms with Gasteiger partial charge in [0.2, 0.25) is 0 Å². The fourth-order valence-electron chi connectivity index (χ4n) is 4.43. The van der Waals surface area contributed by atoms with Gasteiger partial charge in [-0.05, 0) is 105 Å². The van der Waals surface area contributed by atoms with Gasteiger partial charge in [-0.3, -0.25) is 0 Å². The number of aliphatic hydroxyl groups excluding tert-OH is 2. The van der Waals surface area contributed by atoms with Gasteiger partial charge in [0.15, 0.2) is 8.32 Å². The molecule has 0 amide bonds. The molecule has 0 aromatic rings. The summed E-state index contributed by atoms with van der Waals surface area (Å²) < 4.78 is 48.7. The van der Waals surface area contributed by atoms with E-state index in [1.54, 1.807) is 20.0 Å². The van der Waals surface area contributed by atoms with E-state index in [1.807, 2.05) is 27.7 Å². The Hall–Kier alpha value is -1.11. The third-order valence-corrected chi connectivity index (χ3v) is 19.3. The van der Waals surface area contributed by atoms with Crippen LogP contribution >= 0.6 is 0 Å². The Morgan fingerprint density at radius 3 is 1.40 bits per heavy atom. The van der Waals surface area contributed by atoms with Crippen LogP contribution in [0.5, 0.6) is 0 Å². The zero-order valence-electron chi connectivity index (χ0n) is 35.1. The molecule has 0 aromatic heterocycles. The molecule has 0 aliphatic carbocycles. The Morgan fingerprint density at radius 2 is 1.09 bits per heavy atom. The first-order valence-corrected chi connectivity index (χ1v) is 29.1. The monoisotopic (exact) mass is 834 g/mol. The topological polar surface area (TPSA) is 178 Å². The second-order valence-electron chi connectivity index (χ2n) is 12.4. The van der Waals surface area contributed by atoms with Crippen molar-refractivity contribution in [3.05, 3.63) is 25.3 Å². The van der Waals surface area contributed by atoms with Crippen LogP contribution in [0.15, 0.2) is 25.3 Å². The van der Waals surface area contributed by atoms with Crippen molar-refractivity contribution in [2.24, 2.45) is 0 Å². The van der Waals surface area contributed by atoms with Gasteiger partial charge in [0, 0.05) is 71.4 Å². The van der Waals surface area contributed by atoms with Crippen molar-refractivity contribution < 1.29 is 64.7 Å². The third-order valence-electron chi connectivity index (χ3n) is 6.07.